The zero-order chi connectivity index (χ0) is 13.9. The van der Waals surface area contributed by atoms with Gasteiger partial charge in [0.05, 0.1) is 19.4 Å². The first kappa shape index (κ1) is 15.2. The molecule has 1 aromatic rings. The molecule has 0 saturated heterocycles. The summed E-state index contributed by atoms with van der Waals surface area (Å²) in [6.07, 6.45) is 3.56. The number of unbranched alkanes of at least 4 members (excludes halogenated alkanes) is 1. The Kier molecular flexibility index (Phi) is 7.34. The number of carbonyl (C=O) groups excluding carboxylic acids is 2. The minimum atomic E-state index is -0.235. The highest BCUT2D eigenvalue weighted by atomic mass is 16.5. The first-order valence-electron chi connectivity index (χ1n) is 6.27. The van der Waals surface area contributed by atoms with Crippen molar-refractivity contribution in [3.8, 4) is 0 Å². The maximum Gasteiger partial charge on any atom is 0.239 e. The molecule has 0 aromatic carbocycles. The topological polar surface area (TPSA) is 80.6 Å². The number of hydrogen-bond donors (Lipinski definition) is 2. The molecule has 0 atom stereocenters. The fraction of sp³-hybridized carbons (Fsp3) is 0.538. The van der Waals surface area contributed by atoms with E-state index >= 15 is 0 Å². The van der Waals surface area contributed by atoms with E-state index in [2.05, 4.69) is 10.6 Å². The molecule has 1 aromatic heterocycles. The Bertz CT molecular complexity index is 376. The molecule has 1 heterocycles. The molecule has 0 spiro atoms. The van der Waals surface area contributed by atoms with Crippen LogP contribution in [0.3, 0.4) is 0 Å². The van der Waals surface area contributed by atoms with Crippen LogP contribution < -0.4 is 10.6 Å². The lowest BCUT2D eigenvalue weighted by atomic mass is 10.2. The van der Waals surface area contributed by atoms with E-state index in [1.54, 1.807) is 25.5 Å². The smallest absolute Gasteiger partial charge is 0.239 e. The third kappa shape index (κ3) is 7.25. The van der Waals surface area contributed by atoms with Crippen LogP contribution in [0.4, 0.5) is 0 Å². The molecule has 0 unspecified atom stereocenters. The number of amides is 2. The van der Waals surface area contributed by atoms with Gasteiger partial charge >= 0.3 is 0 Å². The maximum atomic E-state index is 11.4. The van der Waals surface area contributed by atoms with Gasteiger partial charge in [-0.2, -0.15) is 0 Å². The molecule has 0 saturated carbocycles. The summed E-state index contributed by atoms with van der Waals surface area (Å²) in [4.78, 5) is 22.8. The van der Waals surface area contributed by atoms with E-state index in [1.807, 2.05) is 0 Å². The molecule has 2 amide bonds. The van der Waals surface area contributed by atoms with Crippen LogP contribution in [0.5, 0.6) is 0 Å². The molecule has 0 fully saturated rings. The van der Waals surface area contributed by atoms with Gasteiger partial charge in [0.25, 0.3) is 0 Å². The first-order chi connectivity index (χ1) is 9.22. The van der Waals surface area contributed by atoms with Gasteiger partial charge in [0, 0.05) is 20.1 Å². The van der Waals surface area contributed by atoms with Crippen molar-refractivity contribution in [2.75, 3.05) is 20.3 Å². The SMILES string of the molecule is COCCCCC(=O)NCC(=O)NCc1ccco1. The minimum Gasteiger partial charge on any atom is -0.467 e. The zero-order valence-electron chi connectivity index (χ0n) is 11.1. The Morgan fingerprint density at radius 2 is 2.11 bits per heavy atom. The van der Waals surface area contributed by atoms with Crippen LogP contribution in [0.15, 0.2) is 22.8 Å². The van der Waals surface area contributed by atoms with E-state index in [9.17, 15) is 9.59 Å². The average Bonchev–Trinajstić information content (AvgIpc) is 2.92. The number of furan rings is 1. The van der Waals surface area contributed by atoms with Gasteiger partial charge in [-0.25, -0.2) is 0 Å². The minimum absolute atomic E-state index is 0.0101. The van der Waals surface area contributed by atoms with Gasteiger partial charge < -0.3 is 19.8 Å². The number of ether oxygens (including phenoxy) is 1. The molecular weight excluding hydrogens is 248 g/mol. The van der Waals surface area contributed by atoms with Gasteiger partial charge in [-0.05, 0) is 25.0 Å². The predicted molar refractivity (Wildman–Crippen MR) is 69.3 cm³/mol. The van der Waals surface area contributed by atoms with Crippen LogP contribution in [0.25, 0.3) is 0 Å². The highest BCUT2D eigenvalue weighted by molar-refractivity contribution is 5.84. The second-order valence-electron chi connectivity index (χ2n) is 4.08. The van der Waals surface area contributed by atoms with E-state index in [1.165, 1.54) is 0 Å². The molecule has 0 bridgehead atoms. The quantitative estimate of drug-likeness (QED) is 0.650. The normalized spacial score (nSPS) is 10.2. The molecule has 1 rings (SSSR count). The van der Waals surface area contributed by atoms with Crippen LogP contribution in [-0.4, -0.2) is 32.1 Å². The molecule has 6 heteroatoms. The van der Waals surface area contributed by atoms with Crippen molar-refractivity contribution in [3.63, 3.8) is 0 Å². The monoisotopic (exact) mass is 268 g/mol. The van der Waals surface area contributed by atoms with Crippen LogP contribution in [0, 0.1) is 0 Å². The van der Waals surface area contributed by atoms with E-state index < -0.39 is 0 Å². The van der Waals surface area contributed by atoms with Gasteiger partial charge in [0.1, 0.15) is 5.76 Å². The fourth-order valence-electron chi connectivity index (χ4n) is 1.46. The third-order valence-corrected chi connectivity index (χ3v) is 2.49. The third-order valence-electron chi connectivity index (χ3n) is 2.49. The summed E-state index contributed by atoms with van der Waals surface area (Å²) in [7, 11) is 1.63. The lowest BCUT2D eigenvalue weighted by Gasteiger charge is -2.05. The Hall–Kier alpha value is -1.82. The number of rotatable bonds is 9. The number of nitrogens with one attached hydrogen (secondary N) is 2. The Morgan fingerprint density at radius 3 is 2.79 bits per heavy atom. The molecular formula is C13H20N2O4. The summed E-state index contributed by atoms with van der Waals surface area (Å²) < 4.78 is 9.96. The second kappa shape index (κ2) is 9.16. The second-order valence-corrected chi connectivity index (χ2v) is 4.08. The number of methoxy groups -OCH3 is 1. The largest absolute Gasteiger partial charge is 0.467 e. The molecule has 0 aliphatic carbocycles. The van der Waals surface area contributed by atoms with Crippen LogP contribution in [-0.2, 0) is 20.9 Å². The average molecular weight is 268 g/mol. The predicted octanol–water partition coefficient (Wildman–Crippen LogP) is 0.829. The van der Waals surface area contributed by atoms with Crippen molar-refractivity contribution < 1.29 is 18.7 Å². The Balaban J connectivity index is 2.04. The summed E-state index contributed by atoms with van der Waals surface area (Å²) >= 11 is 0. The Morgan fingerprint density at radius 1 is 1.26 bits per heavy atom. The molecule has 0 radical (unpaired) electrons. The van der Waals surface area contributed by atoms with Gasteiger partial charge in [0.2, 0.25) is 11.8 Å². The van der Waals surface area contributed by atoms with Crippen molar-refractivity contribution >= 4 is 11.8 Å². The van der Waals surface area contributed by atoms with Crippen molar-refractivity contribution in [1.29, 1.82) is 0 Å². The van der Waals surface area contributed by atoms with E-state index in [0.717, 1.165) is 12.8 Å². The summed E-state index contributed by atoms with van der Waals surface area (Å²) in [5, 5.41) is 5.22. The maximum absolute atomic E-state index is 11.4. The van der Waals surface area contributed by atoms with Gasteiger partial charge in [-0.1, -0.05) is 0 Å². The van der Waals surface area contributed by atoms with Crippen molar-refractivity contribution in [1.82, 2.24) is 10.6 Å². The molecule has 19 heavy (non-hydrogen) atoms. The van der Waals surface area contributed by atoms with Crippen molar-refractivity contribution in [2.24, 2.45) is 0 Å². The molecule has 2 N–H and O–H groups in total. The summed E-state index contributed by atoms with van der Waals surface area (Å²) in [6, 6.07) is 3.53. The lowest BCUT2D eigenvalue weighted by molar-refractivity contribution is -0.126. The van der Waals surface area contributed by atoms with Gasteiger partial charge in [0.15, 0.2) is 0 Å². The molecule has 0 aliphatic rings. The lowest BCUT2D eigenvalue weighted by Crippen LogP contribution is -2.36. The van der Waals surface area contributed by atoms with Crippen molar-refractivity contribution in [2.45, 2.75) is 25.8 Å². The van der Waals surface area contributed by atoms with Crippen LogP contribution in [0.2, 0.25) is 0 Å². The zero-order valence-corrected chi connectivity index (χ0v) is 11.1. The summed E-state index contributed by atoms with van der Waals surface area (Å²) in [5.41, 5.74) is 0. The van der Waals surface area contributed by atoms with E-state index in [4.69, 9.17) is 9.15 Å². The fourth-order valence-corrected chi connectivity index (χ4v) is 1.46. The highest BCUT2D eigenvalue weighted by Gasteiger charge is 2.05. The molecule has 106 valence electrons. The van der Waals surface area contributed by atoms with Gasteiger partial charge in [-0.3, -0.25) is 9.59 Å². The Labute approximate surface area is 112 Å². The number of carbonyl (C=O) groups is 2. The standard InChI is InChI=1S/C13H20N2O4/c1-18-7-3-2-6-12(16)15-10-13(17)14-9-11-5-4-8-19-11/h4-5,8H,2-3,6-7,9-10H2,1H3,(H,14,17)(H,15,16). The molecule has 0 aliphatic heterocycles. The van der Waals surface area contributed by atoms with Crippen LogP contribution >= 0.6 is 0 Å². The summed E-state index contributed by atoms with van der Waals surface area (Å²) in [5.74, 6) is 0.324. The van der Waals surface area contributed by atoms with E-state index in [0.29, 0.717) is 25.3 Å². The van der Waals surface area contributed by atoms with E-state index in [-0.39, 0.29) is 18.4 Å². The van der Waals surface area contributed by atoms with Crippen LogP contribution in [0.1, 0.15) is 25.0 Å². The number of hydrogen-bond acceptors (Lipinski definition) is 4. The molecule has 6 nitrogen and oxygen atoms in total. The van der Waals surface area contributed by atoms with Crippen molar-refractivity contribution in [3.05, 3.63) is 24.2 Å². The highest BCUT2D eigenvalue weighted by Crippen LogP contribution is 1.98. The first-order valence-corrected chi connectivity index (χ1v) is 6.27. The van der Waals surface area contributed by atoms with Gasteiger partial charge in [-0.15, -0.1) is 0 Å². The summed E-state index contributed by atoms with van der Waals surface area (Å²) in [6.45, 7) is 0.969.